The van der Waals surface area contributed by atoms with E-state index >= 15 is 0 Å². The van der Waals surface area contributed by atoms with Crippen molar-refractivity contribution in [3.05, 3.63) is 18.7 Å². The summed E-state index contributed by atoms with van der Waals surface area (Å²) in [6, 6.07) is 0. The highest BCUT2D eigenvalue weighted by Gasteiger charge is 2.00. The quantitative estimate of drug-likeness (QED) is 0.266. The summed E-state index contributed by atoms with van der Waals surface area (Å²) in [4.78, 5) is 8.21. The van der Waals surface area contributed by atoms with Crippen molar-refractivity contribution in [3.63, 3.8) is 0 Å². The second-order valence-corrected chi connectivity index (χ2v) is 3.12. The van der Waals surface area contributed by atoms with Crippen molar-refractivity contribution in [2.45, 2.75) is 0 Å². The van der Waals surface area contributed by atoms with E-state index in [1.807, 2.05) is 0 Å². The van der Waals surface area contributed by atoms with Crippen LogP contribution in [0.25, 0.3) is 0 Å². The van der Waals surface area contributed by atoms with E-state index < -0.39 is 7.32 Å². The summed E-state index contributed by atoms with van der Waals surface area (Å²) >= 11 is 0. The molecule has 10 heteroatoms. The molecule has 0 saturated heterocycles. The molecule has 19 heavy (non-hydrogen) atoms. The van der Waals surface area contributed by atoms with Crippen LogP contribution < -0.4 is 0 Å². The molecule has 9 nitrogen and oxygen atoms in total. The number of imidazole rings is 1. The van der Waals surface area contributed by atoms with Gasteiger partial charge in [0.05, 0.1) is 26.1 Å². The number of aliphatic hydroxyl groups excluding tert-OH is 3. The Morgan fingerprint density at radius 2 is 1.37 bits per heavy atom. The molecule has 0 atom stereocenters. The van der Waals surface area contributed by atoms with Crippen molar-refractivity contribution >= 4 is 7.32 Å². The molecule has 0 spiro atoms. The summed E-state index contributed by atoms with van der Waals surface area (Å²) < 4.78 is 0. The summed E-state index contributed by atoms with van der Waals surface area (Å²) in [7, 11) is -2.17. The first kappa shape index (κ1) is 20.3. The molecule has 7 N–H and O–H groups in total. The molecule has 0 amide bonds. The topological polar surface area (TPSA) is 153 Å². The van der Waals surface area contributed by atoms with E-state index in [-0.39, 0.29) is 19.8 Å². The molecule has 0 unspecified atom stereocenters. The maximum atomic E-state index is 8.48. The Balaban J connectivity index is 0. The van der Waals surface area contributed by atoms with Crippen molar-refractivity contribution in [1.29, 1.82) is 0 Å². The molecule has 0 fully saturated rings. The Morgan fingerprint density at radius 3 is 1.53 bits per heavy atom. The fourth-order valence-electron chi connectivity index (χ4n) is 0.975. The van der Waals surface area contributed by atoms with E-state index in [9.17, 15) is 0 Å². The predicted molar refractivity (Wildman–Crippen MR) is 68.7 cm³/mol. The van der Waals surface area contributed by atoms with Gasteiger partial charge in [-0.1, -0.05) is 0 Å². The van der Waals surface area contributed by atoms with Gasteiger partial charge < -0.3 is 35.4 Å². The van der Waals surface area contributed by atoms with Gasteiger partial charge in [0.1, 0.15) is 0 Å². The van der Waals surface area contributed by atoms with Crippen LogP contribution in [0.3, 0.4) is 0 Å². The fourth-order valence-corrected chi connectivity index (χ4v) is 0.975. The number of aromatic amines is 1. The molecular weight excluding hydrogens is 257 g/mol. The van der Waals surface area contributed by atoms with E-state index in [0.717, 1.165) is 0 Å². The molecule has 1 heterocycles. The molecule has 0 aromatic carbocycles. The van der Waals surface area contributed by atoms with E-state index in [1.165, 1.54) is 0 Å². The van der Waals surface area contributed by atoms with Crippen LogP contribution in [-0.4, -0.2) is 92.0 Å². The molecule has 0 aliphatic rings. The zero-order chi connectivity index (χ0) is 14.9. The second-order valence-electron chi connectivity index (χ2n) is 3.12. The van der Waals surface area contributed by atoms with Gasteiger partial charge in [-0.2, -0.15) is 0 Å². The van der Waals surface area contributed by atoms with Crippen LogP contribution in [0.5, 0.6) is 0 Å². The highest BCUT2D eigenvalue weighted by Crippen LogP contribution is 1.84. The first-order chi connectivity index (χ1) is 9.08. The highest BCUT2D eigenvalue weighted by atomic mass is 16.5. The van der Waals surface area contributed by atoms with Crippen LogP contribution >= 0.6 is 0 Å². The van der Waals surface area contributed by atoms with Crippen molar-refractivity contribution in [2.24, 2.45) is 0 Å². The molecule has 0 aliphatic heterocycles. The van der Waals surface area contributed by atoms with Gasteiger partial charge in [0.2, 0.25) is 0 Å². The zero-order valence-corrected chi connectivity index (χ0v) is 10.6. The van der Waals surface area contributed by atoms with E-state index in [0.29, 0.717) is 19.6 Å². The smallest absolute Gasteiger partial charge is 0.402 e. The Bertz CT molecular complexity index is 206. The molecule has 1 aromatic heterocycles. The maximum absolute atomic E-state index is 8.48. The van der Waals surface area contributed by atoms with Gasteiger partial charge in [-0.15, -0.1) is 0 Å². The first-order valence-corrected chi connectivity index (χ1v) is 5.60. The van der Waals surface area contributed by atoms with Gasteiger partial charge in [-0.25, -0.2) is 4.98 Å². The van der Waals surface area contributed by atoms with Crippen LogP contribution in [-0.2, 0) is 0 Å². The largest absolute Gasteiger partial charge is 0.631 e. The molecule has 1 aromatic rings. The summed E-state index contributed by atoms with van der Waals surface area (Å²) in [5.41, 5.74) is 0. The highest BCUT2D eigenvalue weighted by molar-refractivity contribution is 6.30. The number of aliphatic hydroxyl groups is 3. The van der Waals surface area contributed by atoms with Crippen molar-refractivity contribution in [1.82, 2.24) is 14.9 Å². The predicted octanol–water partition coefficient (Wildman–Crippen LogP) is -3.38. The third-order valence-corrected chi connectivity index (χ3v) is 1.65. The maximum Gasteiger partial charge on any atom is 0.631 e. The third-order valence-electron chi connectivity index (χ3n) is 1.65. The Kier molecular flexibility index (Phi) is 18.2. The normalized spacial score (nSPS) is 9.21. The molecule has 0 aliphatic carbocycles. The first-order valence-electron chi connectivity index (χ1n) is 5.60. The number of hydrogen-bond donors (Lipinski definition) is 7. The van der Waals surface area contributed by atoms with Gasteiger partial charge in [0, 0.05) is 32.0 Å². The molecular formula is C9H22BN3O6. The van der Waals surface area contributed by atoms with Gasteiger partial charge in [0.25, 0.3) is 0 Å². The minimum atomic E-state index is -2.17. The molecule has 112 valence electrons. The SMILES string of the molecule is OB(O)O.OCCN(CCO)CCO.c1c[nH]cn1. The lowest BCUT2D eigenvalue weighted by Crippen LogP contribution is -2.32. The Labute approximate surface area is 112 Å². The lowest BCUT2D eigenvalue weighted by Gasteiger charge is -2.17. The van der Waals surface area contributed by atoms with Crippen LogP contribution in [0.15, 0.2) is 18.7 Å². The summed E-state index contributed by atoms with van der Waals surface area (Å²) in [5, 5.41) is 47.0. The van der Waals surface area contributed by atoms with Gasteiger partial charge in [-0.3, -0.25) is 4.90 Å². The lowest BCUT2D eigenvalue weighted by molar-refractivity contribution is 0.136. The van der Waals surface area contributed by atoms with E-state index in [4.69, 9.17) is 30.4 Å². The Morgan fingerprint density at radius 1 is 0.947 bits per heavy atom. The number of nitrogens with one attached hydrogen (secondary N) is 1. The van der Waals surface area contributed by atoms with Gasteiger partial charge in [0.15, 0.2) is 0 Å². The molecule has 1 rings (SSSR count). The van der Waals surface area contributed by atoms with Crippen LogP contribution in [0.2, 0.25) is 0 Å². The number of rotatable bonds is 6. The number of nitrogens with zero attached hydrogens (tertiary/aromatic N) is 2. The monoisotopic (exact) mass is 279 g/mol. The average molecular weight is 279 g/mol. The molecule has 0 bridgehead atoms. The van der Waals surface area contributed by atoms with Gasteiger partial charge in [-0.05, 0) is 0 Å². The summed E-state index contributed by atoms with van der Waals surface area (Å²) in [5.74, 6) is 0. The van der Waals surface area contributed by atoms with E-state index in [2.05, 4.69) is 9.97 Å². The van der Waals surface area contributed by atoms with Crippen LogP contribution in [0.1, 0.15) is 0 Å². The molecule has 0 saturated carbocycles. The van der Waals surface area contributed by atoms with Crippen LogP contribution in [0, 0.1) is 0 Å². The number of hydrogen-bond acceptors (Lipinski definition) is 8. The van der Waals surface area contributed by atoms with Crippen LogP contribution in [0.4, 0.5) is 0 Å². The summed E-state index contributed by atoms with van der Waals surface area (Å²) in [6.45, 7) is 1.75. The minimum absolute atomic E-state index is 0.0694. The third kappa shape index (κ3) is 22.6. The number of aromatic nitrogens is 2. The summed E-state index contributed by atoms with van der Waals surface area (Å²) in [6.07, 6.45) is 5.08. The Hall–Kier alpha value is -1.01. The minimum Gasteiger partial charge on any atom is -0.402 e. The van der Waals surface area contributed by atoms with E-state index in [1.54, 1.807) is 23.6 Å². The standard InChI is InChI=1S/C6H15NO3.C3H4N2.BH3O3/c8-4-1-7(2-5-9)3-6-10;1-2-5-3-4-1;2-1(3)4/h8-10H,1-6H2;1-3H,(H,4,5);2-4H. The zero-order valence-electron chi connectivity index (χ0n) is 10.6. The molecule has 0 radical (unpaired) electrons. The van der Waals surface area contributed by atoms with Crippen molar-refractivity contribution in [2.75, 3.05) is 39.5 Å². The lowest BCUT2D eigenvalue weighted by atomic mass is 10.3. The average Bonchev–Trinajstić information content (AvgIpc) is 2.88. The van der Waals surface area contributed by atoms with Gasteiger partial charge >= 0.3 is 7.32 Å². The fraction of sp³-hybridized carbons (Fsp3) is 0.667. The van der Waals surface area contributed by atoms with Crippen molar-refractivity contribution < 1.29 is 30.4 Å². The number of H-pyrrole nitrogens is 1. The second kappa shape index (κ2) is 17.0. The van der Waals surface area contributed by atoms with Crippen molar-refractivity contribution in [3.8, 4) is 0 Å².